The maximum Gasteiger partial charge on any atom is 0.416 e. The molecule has 0 aliphatic carbocycles. The molecule has 1 amide bonds. The molecule has 6 heteroatoms. The van der Waals surface area contributed by atoms with Crippen LogP contribution in [0.15, 0.2) is 24.3 Å². The molecule has 0 saturated carbocycles. The summed E-state index contributed by atoms with van der Waals surface area (Å²) in [6, 6.07) is 4.38. The van der Waals surface area contributed by atoms with Gasteiger partial charge in [0.2, 0.25) is 5.91 Å². The number of benzene rings is 1. The number of nitrogens with one attached hydrogen (secondary N) is 1. The van der Waals surface area contributed by atoms with Crippen molar-refractivity contribution in [2.75, 3.05) is 5.32 Å². The molecule has 2 N–H and O–H groups in total. The van der Waals surface area contributed by atoms with E-state index in [4.69, 9.17) is 0 Å². The van der Waals surface area contributed by atoms with Crippen LogP contribution in [0.5, 0.6) is 0 Å². The van der Waals surface area contributed by atoms with Gasteiger partial charge < -0.3 is 10.4 Å². The Morgan fingerprint density at radius 1 is 1.37 bits per heavy atom. The first-order chi connectivity index (χ1) is 8.70. The molecule has 1 rings (SSSR count). The molecule has 3 nitrogen and oxygen atoms in total. The third-order valence-corrected chi connectivity index (χ3v) is 2.64. The van der Waals surface area contributed by atoms with E-state index in [1.807, 2.05) is 0 Å². The molecule has 1 aromatic rings. The third-order valence-electron chi connectivity index (χ3n) is 2.64. The molecule has 0 aliphatic heterocycles. The van der Waals surface area contributed by atoms with Gasteiger partial charge in [-0.05, 0) is 24.1 Å². The SMILES string of the molecule is CC(C)C(O)CC(=O)Nc1cccc(C(F)(F)F)c1. The van der Waals surface area contributed by atoms with Crippen molar-refractivity contribution in [3.8, 4) is 0 Å². The second-order valence-corrected chi connectivity index (χ2v) is 4.64. The summed E-state index contributed by atoms with van der Waals surface area (Å²) < 4.78 is 37.4. The monoisotopic (exact) mass is 275 g/mol. The predicted octanol–water partition coefficient (Wildman–Crippen LogP) is 3.05. The first kappa shape index (κ1) is 15.5. The second kappa shape index (κ2) is 6.06. The quantitative estimate of drug-likeness (QED) is 0.887. The van der Waals surface area contributed by atoms with Gasteiger partial charge in [-0.25, -0.2) is 0 Å². The summed E-state index contributed by atoms with van der Waals surface area (Å²) in [7, 11) is 0. The van der Waals surface area contributed by atoms with E-state index < -0.39 is 23.8 Å². The predicted molar refractivity (Wildman–Crippen MR) is 65.5 cm³/mol. The summed E-state index contributed by atoms with van der Waals surface area (Å²) in [6.45, 7) is 3.50. The van der Waals surface area contributed by atoms with Gasteiger partial charge in [-0.3, -0.25) is 4.79 Å². The van der Waals surface area contributed by atoms with E-state index in [-0.39, 0.29) is 18.0 Å². The lowest BCUT2D eigenvalue weighted by Crippen LogP contribution is -2.23. The molecule has 0 saturated heterocycles. The molecule has 0 aliphatic rings. The molecule has 19 heavy (non-hydrogen) atoms. The van der Waals surface area contributed by atoms with Gasteiger partial charge >= 0.3 is 6.18 Å². The summed E-state index contributed by atoms with van der Waals surface area (Å²) in [6.07, 6.45) is -5.41. The topological polar surface area (TPSA) is 49.3 Å². The van der Waals surface area contributed by atoms with Crippen molar-refractivity contribution in [2.45, 2.75) is 32.5 Å². The second-order valence-electron chi connectivity index (χ2n) is 4.64. The minimum Gasteiger partial charge on any atom is -0.392 e. The number of hydrogen-bond acceptors (Lipinski definition) is 2. The Hall–Kier alpha value is -1.56. The molecule has 1 atom stereocenters. The molecule has 1 aromatic carbocycles. The number of anilines is 1. The molecular formula is C13H16F3NO2. The normalized spacial score (nSPS) is 13.4. The van der Waals surface area contributed by atoms with Crippen LogP contribution >= 0.6 is 0 Å². The fourth-order valence-electron chi connectivity index (χ4n) is 1.41. The Kier molecular flexibility index (Phi) is 4.94. The van der Waals surface area contributed by atoms with E-state index >= 15 is 0 Å². The lowest BCUT2D eigenvalue weighted by Gasteiger charge is -2.14. The van der Waals surface area contributed by atoms with Crippen LogP contribution in [0, 0.1) is 5.92 Å². The summed E-state index contributed by atoms with van der Waals surface area (Å²) in [4.78, 5) is 11.5. The van der Waals surface area contributed by atoms with Crippen LogP contribution in [0.4, 0.5) is 18.9 Å². The molecule has 106 valence electrons. The van der Waals surface area contributed by atoms with E-state index in [1.165, 1.54) is 12.1 Å². The van der Waals surface area contributed by atoms with Crippen LogP contribution in [0.3, 0.4) is 0 Å². The summed E-state index contributed by atoms with van der Waals surface area (Å²) in [5, 5.41) is 11.9. The minimum atomic E-state index is -4.45. The van der Waals surface area contributed by atoms with Gasteiger partial charge in [0, 0.05) is 5.69 Å². The Morgan fingerprint density at radius 3 is 2.53 bits per heavy atom. The van der Waals surface area contributed by atoms with Crippen LogP contribution in [0.1, 0.15) is 25.8 Å². The number of aliphatic hydroxyl groups is 1. The Bertz CT molecular complexity index is 444. The van der Waals surface area contributed by atoms with Gasteiger partial charge in [-0.1, -0.05) is 19.9 Å². The van der Waals surface area contributed by atoms with E-state index in [0.29, 0.717) is 0 Å². The van der Waals surface area contributed by atoms with Crippen molar-refractivity contribution in [1.29, 1.82) is 0 Å². The average Bonchev–Trinajstić information content (AvgIpc) is 2.27. The maximum absolute atomic E-state index is 12.5. The lowest BCUT2D eigenvalue weighted by molar-refractivity contribution is -0.137. The number of hydrogen-bond donors (Lipinski definition) is 2. The Balaban J connectivity index is 2.70. The van der Waals surface area contributed by atoms with Crippen LogP contribution < -0.4 is 5.32 Å². The molecule has 0 fully saturated rings. The zero-order chi connectivity index (χ0) is 14.6. The van der Waals surface area contributed by atoms with Crippen molar-refractivity contribution < 1.29 is 23.1 Å². The smallest absolute Gasteiger partial charge is 0.392 e. The maximum atomic E-state index is 12.5. The highest BCUT2D eigenvalue weighted by Crippen LogP contribution is 2.30. The molecule has 0 heterocycles. The zero-order valence-corrected chi connectivity index (χ0v) is 10.7. The summed E-state index contributed by atoms with van der Waals surface area (Å²) in [5.74, 6) is -0.604. The Morgan fingerprint density at radius 2 is 2.00 bits per heavy atom. The largest absolute Gasteiger partial charge is 0.416 e. The van der Waals surface area contributed by atoms with Crippen LogP contribution in [-0.4, -0.2) is 17.1 Å². The highest BCUT2D eigenvalue weighted by Gasteiger charge is 2.30. The van der Waals surface area contributed by atoms with Crippen molar-refractivity contribution in [3.05, 3.63) is 29.8 Å². The van der Waals surface area contributed by atoms with Gasteiger partial charge in [-0.15, -0.1) is 0 Å². The number of rotatable bonds is 4. The number of amides is 1. The number of carbonyl (C=O) groups is 1. The molecule has 0 bridgehead atoms. The van der Waals surface area contributed by atoms with Gasteiger partial charge in [0.1, 0.15) is 0 Å². The minimum absolute atomic E-state index is 0.0655. The van der Waals surface area contributed by atoms with E-state index in [9.17, 15) is 23.1 Å². The van der Waals surface area contributed by atoms with E-state index in [2.05, 4.69) is 5.32 Å². The number of alkyl halides is 3. The van der Waals surface area contributed by atoms with Crippen molar-refractivity contribution in [1.82, 2.24) is 0 Å². The molecule has 0 aromatic heterocycles. The van der Waals surface area contributed by atoms with Crippen molar-refractivity contribution >= 4 is 11.6 Å². The number of carbonyl (C=O) groups excluding carboxylic acids is 1. The van der Waals surface area contributed by atoms with Crippen molar-refractivity contribution in [3.63, 3.8) is 0 Å². The molecular weight excluding hydrogens is 259 g/mol. The molecule has 0 radical (unpaired) electrons. The summed E-state index contributed by atoms with van der Waals surface area (Å²) >= 11 is 0. The zero-order valence-electron chi connectivity index (χ0n) is 10.7. The average molecular weight is 275 g/mol. The highest BCUT2D eigenvalue weighted by atomic mass is 19.4. The van der Waals surface area contributed by atoms with Crippen molar-refractivity contribution in [2.24, 2.45) is 5.92 Å². The number of aliphatic hydroxyl groups excluding tert-OH is 1. The highest BCUT2D eigenvalue weighted by molar-refractivity contribution is 5.91. The van der Waals surface area contributed by atoms with Crippen LogP contribution in [-0.2, 0) is 11.0 Å². The van der Waals surface area contributed by atoms with E-state index in [1.54, 1.807) is 13.8 Å². The van der Waals surface area contributed by atoms with Crippen LogP contribution in [0.2, 0.25) is 0 Å². The first-order valence-corrected chi connectivity index (χ1v) is 5.85. The third kappa shape index (κ3) is 4.90. The fraction of sp³-hybridized carbons (Fsp3) is 0.462. The standard InChI is InChI=1S/C13H16F3NO2/c1-8(2)11(18)7-12(19)17-10-5-3-4-9(6-10)13(14,15)16/h3-6,8,11,18H,7H2,1-2H3,(H,17,19). The Labute approximate surface area is 109 Å². The first-order valence-electron chi connectivity index (χ1n) is 5.85. The fourth-order valence-corrected chi connectivity index (χ4v) is 1.41. The number of halogens is 3. The van der Waals surface area contributed by atoms with E-state index in [0.717, 1.165) is 12.1 Å². The summed E-state index contributed by atoms with van der Waals surface area (Å²) in [5.41, 5.74) is -0.759. The lowest BCUT2D eigenvalue weighted by atomic mass is 10.0. The molecule has 1 unspecified atom stereocenters. The van der Waals surface area contributed by atoms with Gasteiger partial charge in [0.15, 0.2) is 0 Å². The van der Waals surface area contributed by atoms with Gasteiger partial charge in [0.05, 0.1) is 18.1 Å². The molecule has 0 spiro atoms. The van der Waals surface area contributed by atoms with Gasteiger partial charge in [0.25, 0.3) is 0 Å². The van der Waals surface area contributed by atoms with Gasteiger partial charge in [-0.2, -0.15) is 13.2 Å². The van der Waals surface area contributed by atoms with Crippen LogP contribution in [0.25, 0.3) is 0 Å².